The molecule has 0 saturated heterocycles. The van der Waals surface area contributed by atoms with E-state index in [0.717, 1.165) is 11.1 Å². The van der Waals surface area contributed by atoms with E-state index in [2.05, 4.69) is 5.10 Å². The third-order valence-corrected chi connectivity index (χ3v) is 3.08. The summed E-state index contributed by atoms with van der Waals surface area (Å²) >= 11 is 0. The van der Waals surface area contributed by atoms with Crippen LogP contribution in [0.5, 0.6) is 0 Å². The SMILES string of the molecule is Cc1ccc(C(C)(N)c2cnn(C)c2)cc1F. The van der Waals surface area contributed by atoms with Gasteiger partial charge in [-0.25, -0.2) is 4.39 Å². The quantitative estimate of drug-likeness (QED) is 0.863. The smallest absolute Gasteiger partial charge is 0.126 e. The largest absolute Gasteiger partial charge is 0.318 e. The second-order valence-corrected chi connectivity index (χ2v) is 4.57. The molecule has 2 N–H and O–H groups in total. The average molecular weight is 233 g/mol. The van der Waals surface area contributed by atoms with Crippen LogP contribution in [0.3, 0.4) is 0 Å². The molecule has 4 heteroatoms. The van der Waals surface area contributed by atoms with Gasteiger partial charge >= 0.3 is 0 Å². The van der Waals surface area contributed by atoms with Crippen molar-refractivity contribution in [3.8, 4) is 0 Å². The molecule has 0 radical (unpaired) electrons. The van der Waals surface area contributed by atoms with Crippen LogP contribution in [0.15, 0.2) is 30.6 Å². The molecule has 0 aliphatic rings. The first-order valence-corrected chi connectivity index (χ1v) is 5.46. The van der Waals surface area contributed by atoms with Crippen molar-refractivity contribution in [1.29, 1.82) is 0 Å². The lowest BCUT2D eigenvalue weighted by Gasteiger charge is -2.24. The van der Waals surface area contributed by atoms with Crippen molar-refractivity contribution in [1.82, 2.24) is 9.78 Å². The van der Waals surface area contributed by atoms with Crippen LogP contribution in [0.2, 0.25) is 0 Å². The number of nitrogens with two attached hydrogens (primary N) is 1. The van der Waals surface area contributed by atoms with Gasteiger partial charge in [0.15, 0.2) is 0 Å². The van der Waals surface area contributed by atoms with Crippen LogP contribution in [-0.2, 0) is 12.6 Å². The molecule has 0 spiro atoms. The minimum atomic E-state index is -0.733. The highest BCUT2D eigenvalue weighted by Crippen LogP contribution is 2.27. The van der Waals surface area contributed by atoms with Gasteiger partial charge in [0, 0.05) is 18.8 Å². The predicted octanol–water partition coefficient (Wildman–Crippen LogP) is 2.09. The molecular formula is C13H16FN3. The summed E-state index contributed by atoms with van der Waals surface area (Å²) in [7, 11) is 1.83. The van der Waals surface area contributed by atoms with Gasteiger partial charge in [-0.2, -0.15) is 5.10 Å². The van der Waals surface area contributed by atoms with E-state index in [1.54, 1.807) is 23.9 Å². The first kappa shape index (κ1) is 11.8. The Bertz CT molecular complexity index is 543. The Labute approximate surface area is 100 Å². The summed E-state index contributed by atoms with van der Waals surface area (Å²) < 4.78 is 15.2. The van der Waals surface area contributed by atoms with Crippen LogP contribution in [0.4, 0.5) is 4.39 Å². The van der Waals surface area contributed by atoms with Gasteiger partial charge < -0.3 is 5.73 Å². The van der Waals surface area contributed by atoms with E-state index >= 15 is 0 Å². The Morgan fingerprint density at radius 1 is 1.35 bits per heavy atom. The van der Waals surface area contributed by atoms with Gasteiger partial charge in [0.1, 0.15) is 5.82 Å². The maximum atomic E-state index is 13.6. The number of aromatic nitrogens is 2. The number of nitrogens with zero attached hydrogens (tertiary/aromatic N) is 2. The highest BCUT2D eigenvalue weighted by molar-refractivity contribution is 5.36. The zero-order chi connectivity index (χ0) is 12.6. The Balaban J connectivity index is 2.47. The Hall–Kier alpha value is -1.68. The summed E-state index contributed by atoms with van der Waals surface area (Å²) in [4.78, 5) is 0. The summed E-state index contributed by atoms with van der Waals surface area (Å²) in [5.74, 6) is -0.233. The average Bonchev–Trinajstić information content (AvgIpc) is 2.69. The van der Waals surface area contributed by atoms with Crippen molar-refractivity contribution < 1.29 is 4.39 Å². The molecule has 2 rings (SSSR count). The lowest BCUT2D eigenvalue weighted by Crippen LogP contribution is -2.34. The zero-order valence-electron chi connectivity index (χ0n) is 10.2. The topological polar surface area (TPSA) is 43.8 Å². The number of hydrogen-bond acceptors (Lipinski definition) is 2. The highest BCUT2D eigenvalue weighted by atomic mass is 19.1. The molecule has 1 atom stereocenters. The lowest BCUT2D eigenvalue weighted by molar-refractivity contribution is 0.577. The van der Waals surface area contributed by atoms with Gasteiger partial charge in [-0.05, 0) is 31.0 Å². The van der Waals surface area contributed by atoms with E-state index in [0.29, 0.717) is 5.56 Å². The van der Waals surface area contributed by atoms with Crippen molar-refractivity contribution >= 4 is 0 Å². The van der Waals surface area contributed by atoms with Crippen LogP contribution in [0.1, 0.15) is 23.6 Å². The molecule has 0 aliphatic heterocycles. The molecule has 1 aromatic carbocycles. The third kappa shape index (κ3) is 2.08. The number of hydrogen-bond donors (Lipinski definition) is 1. The van der Waals surface area contributed by atoms with E-state index < -0.39 is 5.54 Å². The van der Waals surface area contributed by atoms with Crippen molar-refractivity contribution in [2.75, 3.05) is 0 Å². The maximum Gasteiger partial charge on any atom is 0.126 e. The molecule has 17 heavy (non-hydrogen) atoms. The minimum absolute atomic E-state index is 0.233. The molecule has 0 amide bonds. The maximum absolute atomic E-state index is 13.6. The fourth-order valence-corrected chi connectivity index (χ4v) is 1.77. The van der Waals surface area contributed by atoms with Crippen LogP contribution >= 0.6 is 0 Å². The fourth-order valence-electron chi connectivity index (χ4n) is 1.77. The van der Waals surface area contributed by atoms with Gasteiger partial charge in [-0.1, -0.05) is 12.1 Å². The molecule has 0 saturated carbocycles. The van der Waals surface area contributed by atoms with E-state index in [1.165, 1.54) is 6.07 Å². The molecule has 0 bridgehead atoms. The summed E-state index contributed by atoms with van der Waals surface area (Å²) in [5.41, 5.74) is 7.77. The Morgan fingerprint density at radius 2 is 2.06 bits per heavy atom. The number of rotatable bonds is 2. The summed E-state index contributed by atoms with van der Waals surface area (Å²) in [6.07, 6.45) is 3.55. The predicted molar refractivity (Wildman–Crippen MR) is 65.0 cm³/mol. The normalized spacial score (nSPS) is 14.6. The number of aryl methyl sites for hydroxylation is 2. The van der Waals surface area contributed by atoms with Crippen LogP contribution in [0, 0.1) is 12.7 Å². The van der Waals surface area contributed by atoms with E-state index in [-0.39, 0.29) is 5.82 Å². The molecular weight excluding hydrogens is 217 g/mol. The molecule has 0 fully saturated rings. The molecule has 0 aliphatic carbocycles. The van der Waals surface area contributed by atoms with Crippen LogP contribution in [-0.4, -0.2) is 9.78 Å². The Kier molecular flexibility index (Phi) is 2.75. The summed E-state index contributed by atoms with van der Waals surface area (Å²) in [6.45, 7) is 3.59. The van der Waals surface area contributed by atoms with Crippen molar-refractivity contribution in [3.63, 3.8) is 0 Å². The first-order chi connectivity index (χ1) is 7.91. The third-order valence-electron chi connectivity index (χ3n) is 3.08. The summed E-state index contributed by atoms with van der Waals surface area (Å²) in [6, 6.07) is 5.08. The van der Waals surface area contributed by atoms with Crippen molar-refractivity contribution in [2.45, 2.75) is 19.4 Å². The monoisotopic (exact) mass is 233 g/mol. The lowest BCUT2D eigenvalue weighted by atomic mass is 9.87. The minimum Gasteiger partial charge on any atom is -0.318 e. The van der Waals surface area contributed by atoms with Gasteiger partial charge in [-0.15, -0.1) is 0 Å². The second-order valence-electron chi connectivity index (χ2n) is 4.57. The molecule has 1 aromatic heterocycles. The molecule has 3 nitrogen and oxygen atoms in total. The standard InChI is InChI=1S/C13H16FN3/c1-9-4-5-10(6-12(9)14)13(2,15)11-7-16-17(3)8-11/h4-8H,15H2,1-3H3. The molecule has 1 unspecified atom stereocenters. The Morgan fingerprint density at radius 3 is 2.59 bits per heavy atom. The molecule has 1 heterocycles. The van der Waals surface area contributed by atoms with E-state index in [4.69, 9.17) is 5.73 Å². The van der Waals surface area contributed by atoms with E-state index in [1.807, 2.05) is 26.2 Å². The highest BCUT2D eigenvalue weighted by Gasteiger charge is 2.25. The fraction of sp³-hybridized carbons (Fsp3) is 0.308. The summed E-state index contributed by atoms with van der Waals surface area (Å²) in [5, 5.41) is 4.09. The van der Waals surface area contributed by atoms with Gasteiger partial charge in [0.2, 0.25) is 0 Å². The van der Waals surface area contributed by atoms with E-state index in [9.17, 15) is 4.39 Å². The molecule has 2 aromatic rings. The van der Waals surface area contributed by atoms with Gasteiger partial charge in [0.05, 0.1) is 11.7 Å². The second kappa shape index (κ2) is 3.96. The first-order valence-electron chi connectivity index (χ1n) is 5.46. The number of benzene rings is 1. The van der Waals surface area contributed by atoms with Crippen molar-refractivity contribution in [2.24, 2.45) is 12.8 Å². The molecule has 90 valence electrons. The number of halogens is 1. The van der Waals surface area contributed by atoms with Gasteiger partial charge in [-0.3, -0.25) is 4.68 Å². The van der Waals surface area contributed by atoms with Crippen LogP contribution < -0.4 is 5.73 Å². The van der Waals surface area contributed by atoms with Crippen LogP contribution in [0.25, 0.3) is 0 Å². The van der Waals surface area contributed by atoms with Gasteiger partial charge in [0.25, 0.3) is 0 Å². The zero-order valence-corrected chi connectivity index (χ0v) is 10.2. The van der Waals surface area contributed by atoms with Crippen molar-refractivity contribution in [3.05, 3.63) is 53.1 Å².